The van der Waals surface area contributed by atoms with Crippen molar-refractivity contribution in [3.8, 4) is 11.8 Å². The zero-order valence-corrected chi connectivity index (χ0v) is 11.5. The van der Waals surface area contributed by atoms with Crippen molar-refractivity contribution in [1.29, 1.82) is 5.26 Å². The highest BCUT2D eigenvalue weighted by molar-refractivity contribution is 7.99. The summed E-state index contributed by atoms with van der Waals surface area (Å²) in [6, 6.07) is 8.01. The van der Waals surface area contributed by atoms with Crippen molar-refractivity contribution < 1.29 is 9.15 Å². The van der Waals surface area contributed by atoms with Crippen molar-refractivity contribution in [2.75, 3.05) is 5.75 Å². The molecule has 0 unspecified atom stereocenters. The van der Waals surface area contributed by atoms with Crippen molar-refractivity contribution in [2.45, 2.75) is 25.7 Å². The minimum atomic E-state index is 0.227. The zero-order valence-electron chi connectivity index (χ0n) is 10.7. The van der Waals surface area contributed by atoms with Gasteiger partial charge in [-0.3, -0.25) is 0 Å². The topological polar surface area (TPSA) is 71.9 Å². The lowest BCUT2D eigenvalue weighted by Gasteiger charge is -2.07. The van der Waals surface area contributed by atoms with Gasteiger partial charge in [-0.05, 0) is 31.0 Å². The molecule has 0 fully saturated rings. The average molecular weight is 275 g/mol. The van der Waals surface area contributed by atoms with Crippen LogP contribution in [0.15, 0.2) is 27.8 Å². The van der Waals surface area contributed by atoms with Crippen molar-refractivity contribution in [2.24, 2.45) is 0 Å². The van der Waals surface area contributed by atoms with Crippen LogP contribution in [0.2, 0.25) is 0 Å². The number of aryl methyl sites for hydroxylation is 2. The third-order valence-corrected chi connectivity index (χ3v) is 3.09. The van der Waals surface area contributed by atoms with Gasteiger partial charge in [0, 0.05) is 0 Å². The lowest BCUT2D eigenvalue weighted by molar-refractivity contribution is 0.250. The molecule has 1 aromatic carbocycles. The van der Waals surface area contributed by atoms with Crippen molar-refractivity contribution in [3.63, 3.8) is 0 Å². The summed E-state index contributed by atoms with van der Waals surface area (Å²) in [4.78, 5) is 0. The van der Waals surface area contributed by atoms with E-state index < -0.39 is 0 Å². The quantitative estimate of drug-likeness (QED) is 0.781. The minimum absolute atomic E-state index is 0.227. The first-order chi connectivity index (χ1) is 9.19. The molecule has 0 N–H and O–H groups in total. The number of rotatable bonds is 5. The van der Waals surface area contributed by atoms with Gasteiger partial charge >= 0.3 is 0 Å². The summed E-state index contributed by atoms with van der Waals surface area (Å²) < 4.78 is 11.0. The van der Waals surface area contributed by atoms with Crippen LogP contribution in [-0.4, -0.2) is 16.0 Å². The maximum atomic E-state index is 8.46. The molecular weight excluding hydrogens is 262 g/mol. The zero-order chi connectivity index (χ0) is 13.7. The Balaban J connectivity index is 1.97. The van der Waals surface area contributed by atoms with Crippen molar-refractivity contribution >= 4 is 11.8 Å². The van der Waals surface area contributed by atoms with Crippen LogP contribution in [-0.2, 0) is 6.61 Å². The van der Waals surface area contributed by atoms with Crippen LogP contribution in [0.4, 0.5) is 0 Å². The third-order valence-electron chi connectivity index (χ3n) is 2.40. The predicted octanol–water partition coefficient (Wildman–Crippen LogP) is 2.88. The molecule has 0 saturated heterocycles. The fourth-order valence-corrected chi connectivity index (χ4v) is 1.89. The number of benzene rings is 1. The van der Waals surface area contributed by atoms with Crippen LogP contribution in [0, 0.1) is 25.2 Å². The normalized spacial score (nSPS) is 10.2. The summed E-state index contributed by atoms with van der Waals surface area (Å²) in [7, 11) is 0. The van der Waals surface area contributed by atoms with Crippen molar-refractivity contribution in [3.05, 3.63) is 35.2 Å². The molecule has 6 heteroatoms. The van der Waals surface area contributed by atoms with Gasteiger partial charge in [-0.1, -0.05) is 23.9 Å². The van der Waals surface area contributed by atoms with Gasteiger partial charge in [0.25, 0.3) is 11.1 Å². The Morgan fingerprint density at radius 2 is 2.21 bits per heavy atom. The second-order valence-electron chi connectivity index (χ2n) is 3.97. The van der Waals surface area contributed by atoms with Crippen LogP contribution in [0.5, 0.6) is 5.75 Å². The minimum Gasteiger partial charge on any atom is -0.484 e. The summed E-state index contributed by atoms with van der Waals surface area (Å²) in [6.45, 7) is 4.22. The molecule has 0 radical (unpaired) electrons. The number of thioether (sulfide) groups is 1. The molecule has 1 aromatic heterocycles. The van der Waals surface area contributed by atoms with E-state index in [1.54, 1.807) is 0 Å². The average Bonchev–Trinajstić information content (AvgIpc) is 2.85. The summed E-state index contributed by atoms with van der Waals surface area (Å²) >= 11 is 1.21. The first-order valence-corrected chi connectivity index (χ1v) is 6.70. The molecular formula is C13H13N3O2S. The third kappa shape index (κ3) is 3.73. The van der Waals surface area contributed by atoms with E-state index in [1.165, 1.54) is 11.8 Å². The van der Waals surface area contributed by atoms with Gasteiger partial charge in [0.2, 0.25) is 0 Å². The predicted molar refractivity (Wildman–Crippen MR) is 70.9 cm³/mol. The molecule has 0 bridgehead atoms. The highest BCUT2D eigenvalue weighted by Crippen LogP contribution is 2.21. The molecule has 0 saturated carbocycles. The first-order valence-electron chi connectivity index (χ1n) is 5.71. The second-order valence-corrected chi connectivity index (χ2v) is 4.89. The maximum absolute atomic E-state index is 8.46. The monoisotopic (exact) mass is 275 g/mol. The van der Waals surface area contributed by atoms with Crippen LogP contribution in [0.1, 0.15) is 17.0 Å². The number of ether oxygens (including phenoxy) is 1. The van der Waals surface area contributed by atoms with Gasteiger partial charge in [-0.2, -0.15) is 5.26 Å². The fraction of sp³-hybridized carbons (Fsp3) is 0.308. The molecule has 0 atom stereocenters. The SMILES string of the molecule is Cc1ccc(C)c(OCc2nnc(SCC#N)o2)c1. The molecule has 98 valence electrons. The summed E-state index contributed by atoms with van der Waals surface area (Å²) in [5.41, 5.74) is 2.19. The molecule has 5 nitrogen and oxygen atoms in total. The van der Waals surface area contributed by atoms with E-state index in [9.17, 15) is 0 Å². The number of hydrogen-bond acceptors (Lipinski definition) is 6. The second kappa shape index (κ2) is 6.25. The van der Waals surface area contributed by atoms with Crippen LogP contribution >= 0.6 is 11.8 Å². The Morgan fingerprint density at radius 1 is 1.37 bits per heavy atom. The summed E-state index contributed by atoms with van der Waals surface area (Å²) in [5.74, 6) is 1.50. The molecule has 2 rings (SSSR count). The van der Waals surface area contributed by atoms with E-state index in [2.05, 4.69) is 10.2 Å². The molecule has 2 aromatic rings. The summed E-state index contributed by atoms with van der Waals surface area (Å²) in [5, 5.41) is 16.5. The molecule has 0 aliphatic carbocycles. The highest BCUT2D eigenvalue weighted by atomic mass is 32.2. The molecule has 19 heavy (non-hydrogen) atoms. The fourth-order valence-electron chi connectivity index (χ4n) is 1.45. The first kappa shape index (κ1) is 13.4. The Labute approximate surface area is 115 Å². The van der Waals surface area contributed by atoms with Gasteiger partial charge < -0.3 is 9.15 Å². The largest absolute Gasteiger partial charge is 0.484 e. The van der Waals surface area contributed by atoms with E-state index in [1.807, 2.05) is 38.1 Å². The molecule has 0 aliphatic rings. The van der Waals surface area contributed by atoms with Gasteiger partial charge in [0.15, 0.2) is 6.61 Å². The van der Waals surface area contributed by atoms with Gasteiger partial charge in [0.05, 0.1) is 11.8 Å². The standard InChI is InChI=1S/C13H13N3O2S/c1-9-3-4-10(2)11(7-9)17-8-12-15-16-13(18-12)19-6-5-14/h3-4,7H,6,8H2,1-2H3. The van der Waals surface area contributed by atoms with Crippen LogP contribution < -0.4 is 4.74 Å². The number of nitriles is 1. The number of nitrogens with zero attached hydrogens (tertiary/aromatic N) is 3. The van der Waals surface area contributed by atoms with Crippen LogP contribution in [0.3, 0.4) is 0 Å². The van der Waals surface area contributed by atoms with E-state index >= 15 is 0 Å². The lowest BCUT2D eigenvalue weighted by Crippen LogP contribution is -1.97. The molecule has 1 heterocycles. The van der Waals surface area contributed by atoms with Gasteiger partial charge in [-0.25, -0.2) is 0 Å². The van der Waals surface area contributed by atoms with E-state index in [0.717, 1.165) is 16.9 Å². The molecule has 0 aliphatic heterocycles. The lowest BCUT2D eigenvalue weighted by atomic mass is 10.1. The summed E-state index contributed by atoms with van der Waals surface area (Å²) in [6.07, 6.45) is 0. The van der Waals surface area contributed by atoms with E-state index in [0.29, 0.717) is 16.9 Å². The highest BCUT2D eigenvalue weighted by Gasteiger charge is 2.08. The number of hydrogen-bond donors (Lipinski definition) is 0. The van der Waals surface area contributed by atoms with Gasteiger partial charge in [0.1, 0.15) is 5.75 Å². The Hall–Kier alpha value is -2.00. The van der Waals surface area contributed by atoms with Crippen LogP contribution in [0.25, 0.3) is 0 Å². The Kier molecular flexibility index (Phi) is 4.42. The molecule has 0 amide bonds. The Bertz CT molecular complexity index is 604. The number of aromatic nitrogens is 2. The maximum Gasteiger partial charge on any atom is 0.277 e. The van der Waals surface area contributed by atoms with E-state index in [-0.39, 0.29) is 6.61 Å². The smallest absolute Gasteiger partial charge is 0.277 e. The van der Waals surface area contributed by atoms with Gasteiger partial charge in [-0.15, -0.1) is 10.2 Å². The van der Waals surface area contributed by atoms with E-state index in [4.69, 9.17) is 14.4 Å². The van der Waals surface area contributed by atoms with Crippen molar-refractivity contribution in [1.82, 2.24) is 10.2 Å². The molecule has 0 spiro atoms. The Morgan fingerprint density at radius 3 is 3.00 bits per heavy atom.